The van der Waals surface area contributed by atoms with Crippen LogP contribution in [-0.2, 0) is 12.8 Å². The Morgan fingerprint density at radius 1 is 1.22 bits per heavy atom. The number of carbonyl (C=O) groups excluding carboxylic acids is 1. The summed E-state index contributed by atoms with van der Waals surface area (Å²) < 4.78 is 11.1. The molecular weight excluding hydrogens is 470 g/mol. The van der Waals surface area contributed by atoms with E-state index in [1.165, 1.54) is 16.8 Å². The molecule has 1 aromatic carbocycles. The first-order chi connectivity index (χ1) is 17.4. The Hall–Kier alpha value is -5.01. The lowest BCUT2D eigenvalue weighted by atomic mass is 10.0. The number of hydrogen-bond acceptors (Lipinski definition) is 12. The fourth-order valence-electron chi connectivity index (χ4n) is 3.82. The number of nitrogen functional groups attached to an aromatic ring is 1. The highest BCUT2D eigenvalue weighted by Crippen LogP contribution is 2.28. The Balaban J connectivity index is 1.38. The molecule has 0 bridgehead atoms. The van der Waals surface area contributed by atoms with Crippen LogP contribution in [0.3, 0.4) is 0 Å². The van der Waals surface area contributed by atoms with Gasteiger partial charge in [0.15, 0.2) is 11.5 Å². The van der Waals surface area contributed by atoms with Crippen LogP contribution in [0.2, 0.25) is 0 Å². The summed E-state index contributed by atoms with van der Waals surface area (Å²) in [6.45, 7) is 1.32. The van der Waals surface area contributed by atoms with Gasteiger partial charge < -0.3 is 10.2 Å². The maximum Gasteiger partial charge on any atom is 0.433 e. The molecule has 1 aliphatic heterocycles. The molecule has 0 aliphatic carbocycles. The molecule has 0 unspecified atom stereocenters. The Labute approximate surface area is 202 Å². The third kappa shape index (κ3) is 4.38. The van der Waals surface area contributed by atoms with Gasteiger partial charge in [0, 0.05) is 12.1 Å². The number of anilines is 1. The number of benzene rings is 1. The quantitative estimate of drug-likeness (QED) is 0.158. The van der Waals surface area contributed by atoms with E-state index in [1.54, 1.807) is 6.92 Å². The zero-order chi connectivity index (χ0) is 25.2. The minimum atomic E-state index is -0.649. The summed E-state index contributed by atoms with van der Waals surface area (Å²) in [7, 11) is 0. The van der Waals surface area contributed by atoms with E-state index in [0.717, 1.165) is 17.0 Å². The molecule has 0 saturated heterocycles. The molecule has 14 heteroatoms. The number of nitro groups is 1. The summed E-state index contributed by atoms with van der Waals surface area (Å²) in [6, 6.07) is 10.5. The van der Waals surface area contributed by atoms with Gasteiger partial charge in [-0.05, 0) is 47.8 Å². The van der Waals surface area contributed by atoms with E-state index in [0.29, 0.717) is 30.7 Å². The smallest absolute Gasteiger partial charge is 0.399 e. The average Bonchev–Trinajstić information content (AvgIpc) is 3.66. The number of fused-ring (bicyclic) bond motifs is 1. The molecule has 0 fully saturated rings. The number of rotatable bonds is 9. The van der Waals surface area contributed by atoms with Crippen molar-refractivity contribution in [3.8, 4) is 5.82 Å². The van der Waals surface area contributed by atoms with Gasteiger partial charge in [-0.2, -0.15) is 4.68 Å². The predicted octanol–water partition coefficient (Wildman–Crippen LogP) is 2.69. The molecule has 0 radical (unpaired) electrons. The first-order valence-corrected chi connectivity index (χ1v) is 10.9. The van der Waals surface area contributed by atoms with Gasteiger partial charge in [0.2, 0.25) is 17.4 Å². The van der Waals surface area contributed by atoms with Crippen molar-refractivity contribution >= 4 is 34.6 Å². The van der Waals surface area contributed by atoms with Crippen molar-refractivity contribution in [3.63, 3.8) is 0 Å². The fraction of sp³-hybridized carbons (Fsp3) is 0.227. The van der Waals surface area contributed by atoms with Crippen LogP contribution in [0.4, 0.5) is 17.4 Å². The van der Waals surface area contributed by atoms with Crippen LogP contribution in [0.1, 0.15) is 40.9 Å². The van der Waals surface area contributed by atoms with Gasteiger partial charge in [0.05, 0.1) is 23.2 Å². The number of hydrogen-bond donors (Lipinski definition) is 1. The summed E-state index contributed by atoms with van der Waals surface area (Å²) in [6.07, 6.45) is 1.64. The molecular formula is C22H19N9O5. The lowest BCUT2D eigenvalue weighted by Crippen LogP contribution is -2.13. The van der Waals surface area contributed by atoms with Crippen LogP contribution >= 0.6 is 0 Å². The van der Waals surface area contributed by atoms with Crippen molar-refractivity contribution in [2.24, 2.45) is 9.98 Å². The molecule has 1 aliphatic rings. The molecule has 5 rings (SSSR count). The molecule has 182 valence electrons. The van der Waals surface area contributed by atoms with Crippen molar-refractivity contribution in [2.75, 3.05) is 12.3 Å². The monoisotopic (exact) mass is 489 g/mol. The predicted molar refractivity (Wildman–Crippen MR) is 126 cm³/mol. The van der Waals surface area contributed by atoms with Crippen LogP contribution < -0.4 is 5.73 Å². The molecule has 3 aromatic heterocycles. The van der Waals surface area contributed by atoms with Crippen LogP contribution in [0, 0.1) is 10.1 Å². The molecule has 14 nitrogen and oxygen atoms in total. The van der Waals surface area contributed by atoms with Crippen molar-refractivity contribution < 1.29 is 18.8 Å². The first-order valence-electron chi connectivity index (χ1n) is 10.9. The van der Waals surface area contributed by atoms with Gasteiger partial charge in [-0.1, -0.05) is 23.4 Å². The highest BCUT2D eigenvalue weighted by atomic mass is 16.6. The molecule has 2 N–H and O–H groups in total. The topological polar surface area (TPSA) is 194 Å². The van der Waals surface area contributed by atoms with Gasteiger partial charge in [-0.15, -0.1) is 5.10 Å². The molecule has 4 aromatic rings. The normalized spacial score (nSPS) is 13.0. The fourth-order valence-corrected chi connectivity index (χ4v) is 3.82. The molecule has 36 heavy (non-hydrogen) atoms. The zero-order valence-corrected chi connectivity index (χ0v) is 19.0. The SMILES string of the molecule is CC(=NCC(=O)c1nnn(-c2nonc2N)c1CCC1=Nc2ccccc2C1)c1ccc([N+](=O)[O-])o1. The van der Waals surface area contributed by atoms with Crippen LogP contribution in [0.5, 0.6) is 0 Å². The Morgan fingerprint density at radius 2 is 2.06 bits per heavy atom. The van der Waals surface area contributed by atoms with Crippen LogP contribution in [0.25, 0.3) is 5.82 Å². The molecule has 0 atom stereocenters. The summed E-state index contributed by atoms with van der Waals surface area (Å²) in [5.41, 5.74) is 9.76. The highest BCUT2D eigenvalue weighted by Gasteiger charge is 2.25. The van der Waals surface area contributed by atoms with Crippen LogP contribution in [0.15, 0.2) is 55.4 Å². The average molecular weight is 489 g/mol. The Bertz CT molecular complexity index is 1530. The van der Waals surface area contributed by atoms with E-state index in [2.05, 4.69) is 35.2 Å². The number of aliphatic imine (C=N–C) groups is 2. The third-order valence-electron chi connectivity index (χ3n) is 5.63. The number of ketones is 1. The second-order valence-corrected chi connectivity index (χ2v) is 7.97. The highest BCUT2D eigenvalue weighted by molar-refractivity contribution is 6.01. The molecule has 0 amide bonds. The maximum atomic E-state index is 13.1. The summed E-state index contributed by atoms with van der Waals surface area (Å²) in [5.74, 6) is -0.510. The van der Waals surface area contributed by atoms with E-state index in [9.17, 15) is 14.9 Å². The van der Waals surface area contributed by atoms with E-state index in [1.807, 2.05) is 24.3 Å². The minimum absolute atomic E-state index is 0.000889. The molecule has 4 heterocycles. The number of para-hydroxylation sites is 1. The summed E-state index contributed by atoms with van der Waals surface area (Å²) in [5, 5.41) is 26.3. The second kappa shape index (κ2) is 9.32. The van der Waals surface area contributed by atoms with Gasteiger partial charge in [-0.25, -0.2) is 4.63 Å². The van der Waals surface area contributed by atoms with Gasteiger partial charge >= 0.3 is 5.88 Å². The molecule has 0 saturated carbocycles. The second-order valence-electron chi connectivity index (χ2n) is 7.97. The summed E-state index contributed by atoms with van der Waals surface area (Å²) in [4.78, 5) is 32.2. The van der Waals surface area contributed by atoms with Crippen molar-refractivity contribution in [1.29, 1.82) is 0 Å². The Kier molecular flexibility index (Phi) is 5.90. The number of nitrogens with two attached hydrogens (primary N) is 1. The van der Waals surface area contributed by atoms with Crippen molar-refractivity contribution in [1.82, 2.24) is 25.3 Å². The van der Waals surface area contributed by atoms with E-state index >= 15 is 0 Å². The Morgan fingerprint density at radius 3 is 2.78 bits per heavy atom. The van der Waals surface area contributed by atoms with Crippen LogP contribution in [-0.4, -0.2) is 54.0 Å². The van der Waals surface area contributed by atoms with Gasteiger partial charge in [0.25, 0.3) is 0 Å². The molecule has 0 spiro atoms. The number of carbonyl (C=O) groups is 1. The van der Waals surface area contributed by atoms with Gasteiger partial charge in [-0.3, -0.25) is 24.9 Å². The van der Waals surface area contributed by atoms with Gasteiger partial charge in [0.1, 0.15) is 11.5 Å². The van der Waals surface area contributed by atoms with E-state index in [4.69, 9.17) is 10.2 Å². The number of aromatic nitrogens is 5. The van der Waals surface area contributed by atoms with Crippen molar-refractivity contribution in [2.45, 2.75) is 26.2 Å². The third-order valence-corrected chi connectivity index (χ3v) is 5.63. The number of Topliss-reactive ketones (excluding diaryl/α,β-unsaturated/α-hetero) is 1. The first kappa shape index (κ1) is 22.8. The largest absolute Gasteiger partial charge is 0.433 e. The number of nitrogens with zero attached hydrogens (tertiary/aromatic N) is 8. The lowest BCUT2D eigenvalue weighted by Gasteiger charge is -2.05. The lowest BCUT2D eigenvalue weighted by molar-refractivity contribution is -0.402. The summed E-state index contributed by atoms with van der Waals surface area (Å²) >= 11 is 0. The maximum absolute atomic E-state index is 13.1. The number of furan rings is 1. The standard InChI is InChI=1S/C22H19N9O5/c1-12(18-8-9-19(35-18)31(33)34)24-11-17(32)20-16(30(29-26-20)22-21(23)27-36-28-22)7-6-14-10-13-4-2-3-5-15(13)25-14/h2-5,8-9H,6-7,10-11H2,1H3,(H2,23,27). The van der Waals surface area contributed by atoms with Crippen molar-refractivity contribution in [3.05, 3.63) is 69.2 Å². The minimum Gasteiger partial charge on any atom is -0.399 e. The van der Waals surface area contributed by atoms with E-state index in [-0.39, 0.29) is 29.6 Å². The zero-order valence-electron chi connectivity index (χ0n) is 19.0. The van der Waals surface area contributed by atoms with E-state index < -0.39 is 16.6 Å².